The van der Waals surface area contributed by atoms with Gasteiger partial charge in [0.15, 0.2) is 0 Å². The van der Waals surface area contributed by atoms with Crippen molar-refractivity contribution >= 4 is 40.7 Å². The monoisotopic (exact) mass is 306 g/mol. The molecule has 0 bridgehead atoms. The van der Waals surface area contributed by atoms with E-state index in [0.717, 1.165) is 5.01 Å². The van der Waals surface area contributed by atoms with Crippen molar-refractivity contribution in [2.24, 2.45) is 0 Å². The Kier molecular flexibility index (Phi) is 3.12. The zero-order valence-electron chi connectivity index (χ0n) is 10.1. The molecule has 4 nitrogen and oxygen atoms in total. The van der Waals surface area contributed by atoms with Crippen LogP contribution in [0.5, 0.6) is 0 Å². The van der Waals surface area contributed by atoms with Crippen LogP contribution in [0.3, 0.4) is 0 Å². The molecule has 3 rings (SSSR count). The predicted octanol–water partition coefficient (Wildman–Crippen LogP) is 3.62. The summed E-state index contributed by atoms with van der Waals surface area (Å²) in [7, 11) is 0. The zero-order chi connectivity index (χ0) is 14.3. The lowest BCUT2D eigenvalue weighted by atomic mass is 10.1. The van der Waals surface area contributed by atoms with Crippen LogP contribution in [0.4, 0.5) is 5.69 Å². The summed E-state index contributed by atoms with van der Waals surface area (Å²) in [5.41, 5.74) is 3.90. The van der Waals surface area contributed by atoms with Crippen molar-refractivity contribution in [1.29, 1.82) is 0 Å². The normalized spacial score (nSPS) is 13.6. The molecule has 20 heavy (non-hydrogen) atoms. The fraction of sp³-hybridized carbons (Fsp3) is 0. The van der Waals surface area contributed by atoms with E-state index in [2.05, 4.69) is 5.43 Å². The summed E-state index contributed by atoms with van der Waals surface area (Å²) in [6.45, 7) is 0. The summed E-state index contributed by atoms with van der Waals surface area (Å²) in [6.07, 6.45) is 0. The Morgan fingerprint density at radius 3 is 2.05 bits per heavy atom. The van der Waals surface area contributed by atoms with Gasteiger partial charge in [-0.2, -0.15) is 5.01 Å². The number of carbonyl (C=O) groups excluding carboxylic acids is 2. The van der Waals surface area contributed by atoms with Crippen molar-refractivity contribution in [1.82, 2.24) is 5.01 Å². The third kappa shape index (κ3) is 2.03. The van der Waals surface area contributed by atoms with E-state index in [0.29, 0.717) is 26.9 Å². The molecule has 1 aliphatic heterocycles. The Balaban J connectivity index is 1.94. The van der Waals surface area contributed by atoms with Gasteiger partial charge in [-0.1, -0.05) is 35.3 Å². The third-order valence-electron chi connectivity index (χ3n) is 2.96. The van der Waals surface area contributed by atoms with Crippen LogP contribution < -0.4 is 5.43 Å². The van der Waals surface area contributed by atoms with Crippen molar-refractivity contribution in [3.8, 4) is 0 Å². The van der Waals surface area contributed by atoms with Crippen LogP contribution in [0.2, 0.25) is 10.0 Å². The average molecular weight is 307 g/mol. The van der Waals surface area contributed by atoms with Gasteiger partial charge in [-0.05, 0) is 30.3 Å². The standard InChI is InChI=1S/C14H8Cl2N2O2/c15-8-5-6-12(11(16)7-8)17-18-13(19)9-3-1-2-4-10(9)14(18)20/h1-7,17H. The van der Waals surface area contributed by atoms with Gasteiger partial charge >= 0.3 is 0 Å². The van der Waals surface area contributed by atoms with Crippen molar-refractivity contribution in [2.45, 2.75) is 0 Å². The van der Waals surface area contributed by atoms with E-state index >= 15 is 0 Å². The highest BCUT2D eigenvalue weighted by atomic mass is 35.5. The topological polar surface area (TPSA) is 49.4 Å². The summed E-state index contributed by atoms with van der Waals surface area (Å²) in [5.74, 6) is -0.812. The Morgan fingerprint density at radius 1 is 0.900 bits per heavy atom. The van der Waals surface area contributed by atoms with Gasteiger partial charge in [0.05, 0.1) is 21.8 Å². The molecule has 1 N–H and O–H groups in total. The van der Waals surface area contributed by atoms with Crippen LogP contribution in [0, 0.1) is 0 Å². The summed E-state index contributed by atoms with van der Waals surface area (Å²) in [5, 5.41) is 1.75. The second kappa shape index (κ2) is 4.81. The Hall–Kier alpha value is -2.04. The van der Waals surface area contributed by atoms with Crippen LogP contribution in [-0.4, -0.2) is 16.8 Å². The maximum absolute atomic E-state index is 12.2. The van der Waals surface area contributed by atoms with Crippen LogP contribution in [0.1, 0.15) is 20.7 Å². The third-order valence-corrected chi connectivity index (χ3v) is 3.51. The van der Waals surface area contributed by atoms with E-state index in [9.17, 15) is 9.59 Å². The van der Waals surface area contributed by atoms with E-state index in [1.54, 1.807) is 36.4 Å². The Labute approximate surface area is 124 Å². The molecule has 0 aliphatic carbocycles. The number of nitrogens with zero attached hydrogens (tertiary/aromatic N) is 1. The molecule has 0 atom stereocenters. The van der Waals surface area contributed by atoms with E-state index < -0.39 is 11.8 Å². The van der Waals surface area contributed by atoms with Gasteiger partial charge in [-0.15, -0.1) is 0 Å². The number of amides is 2. The number of benzene rings is 2. The van der Waals surface area contributed by atoms with Gasteiger partial charge in [0.2, 0.25) is 0 Å². The highest BCUT2D eigenvalue weighted by Crippen LogP contribution is 2.28. The van der Waals surface area contributed by atoms with Gasteiger partial charge in [0, 0.05) is 5.02 Å². The number of halogens is 2. The molecule has 2 aromatic carbocycles. The molecule has 0 saturated heterocycles. The number of nitrogens with one attached hydrogen (secondary N) is 1. The lowest BCUT2D eigenvalue weighted by molar-refractivity contribution is 0.0691. The fourth-order valence-electron chi connectivity index (χ4n) is 1.99. The number of rotatable bonds is 2. The molecule has 2 amide bonds. The molecule has 100 valence electrons. The summed E-state index contributed by atoms with van der Waals surface area (Å²) in [6, 6.07) is 11.4. The van der Waals surface area contributed by atoms with Gasteiger partial charge in [0.1, 0.15) is 0 Å². The average Bonchev–Trinajstić information content (AvgIpc) is 2.67. The van der Waals surface area contributed by atoms with Crippen LogP contribution in [0.25, 0.3) is 0 Å². The van der Waals surface area contributed by atoms with Crippen molar-refractivity contribution in [2.75, 3.05) is 5.43 Å². The minimum Gasteiger partial charge on any atom is -0.287 e. The molecule has 0 radical (unpaired) electrons. The second-order valence-electron chi connectivity index (χ2n) is 4.23. The van der Waals surface area contributed by atoms with Crippen molar-refractivity contribution < 1.29 is 9.59 Å². The maximum atomic E-state index is 12.2. The van der Waals surface area contributed by atoms with Gasteiger partial charge in [-0.3, -0.25) is 15.0 Å². The predicted molar refractivity (Wildman–Crippen MR) is 77.0 cm³/mol. The second-order valence-corrected chi connectivity index (χ2v) is 5.07. The molecule has 1 aliphatic rings. The number of fused-ring (bicyclic) bond motifs is 1. The number of imide groups is 1. The first-order chi connectivity index (χ1) is 9.58. The largest absolute Gasteiger partial charge is 0.287 e. The smallest absolute Gasteiger partial charge is 0.280 e. The van der Waals surface area contributed by atoms with Gasteiger partial charge < -0.3 is 0 Å². The fourth-order valence-corrected chi connectivity index (χ4v) is 2.44. The number of anilines is 1. The lowest BCUT2D eigenvalue weighted by Gasteiger charge is -2.17. The van der Waals surface area contributed by atoms with E-state index in [1.165, 1.54) is 6.07 Å². The number of hydrogen-bond donors (Lipinski definition) is 1. The summed E-state index contributed by atoms with van der Waals surface area (Å²) >= 11 is 11.8. The van der Waals surface area contributed by atoms with Crippen molar-refractivity contribution in [3.05, 3.63) is 63.6 Å². The molecule has 2 aromatic rings. The molecule has 0 fully saturated rings. The molecule has 1 heterocycles. The lowest BCUT2D eigenvalue weighted by Crippen LogP contribution is -2.35. The zero-order valence-corrected chi connectivity index (χ0v) is 11.6. The van der Waals surface area contributed by atoms with E-state index in [1.807, 2.05) is 0 Å². The molecule has 0 spiro atoms. The summed E-state index contributed by atoms with van der Waals surface area (Å²) in [4.78, 5) is 24.3. The first kappa shape index (κ1) is 13.0. The Morgan fingerprint density at radius 2 is 1.50 bits per heavy atom. The van der Waals surface area contributed by atoms with Crippen LogP contribution in [0.15, 0.2) is 42.5 Å². The minimum atomic E-state index is -0.406. The first-order valence-electron chi connectivity index (χ1n) is 5.77. The molecule has 6 heteroatoms. The number of carbonyl (C=O) groups is 2. The highest BCUT2D eigenvalue weighted by Gasteiger charge is 2.35. The van der Waals surface area contributed by atoms with Crippen LogP contribution >= 0.6 is 23.2 Å². The van der Waals surface area contributed by atoms with Crippen molar-refractivity contribution in [3.63, 3.8) is 0 Å². The highest BCUT2D eigenvalue weighted by molar-refractivity contribution is 6.36. The quantitative estimate of drug-likeness (QED) is 0.862. The molecule has 0 saturated carbocycles. The molecule has 0 aromatic heterocycles. The minimum absolute atomic E-state index is 0.328. The first-order valence-corrected chi connectivity index (χ1v) is 6.53. The number of hydrazine groups is 1. The number of hydrogen-bond acceptors (Lipinski definition) is 3. The van der Waals surface area contributed by atoms with Gasteiger partial charge in [0.25, 0.3) is 11.8 Å². The maximum Gasteiger partial charge on any atom is 0.280 e. The van der Waals surface area contributed by atoms with E-state index in [4.69, 9.17) is 23.2 Å². The van der Waals surface area contributed by atoms with Gasteiger partial charge in [-0.25, -0.2) is 0 Å². The Bertz CT molecular complexity index is 696. The summed E-state index contributed by atoms with van der Waals surface area (Å²) < 4.78 is 0. The molecule has 0 unspecified atom stereocenters. The molecular weight excluding hydrogens is 299 g/mol. The molecular formula is C14H8Cl2N2O2. The van der Waals surface area contributed by atoms with Crippen LogP contribution in [-0.2, 0) is 0 Å². The SMILES string of the molecule is O=C1c2ccccc2C(=O)N1Nc1ccc(Cl)cc1Cl. The van der Waals surface area contributed by atoms with E-state index in [-0.39, 0.29) is 0 Å².